The molecule has 1 aromatic heterocycles. The van der Waals surface area contributed by atoms with E-state index in [9.17, 15) is 22.9 Å². The molecule has 0 saturated carbocycles. The molecule has 1 fully saturated rings. The Morgan fingerprint density at radius 3 is 2.50 bits per heavy atom. The van der Waals surface area contributed by atoms with Gasteiger partial charge in [0.15, 0.2) is 10.6 Å². The third kappa shape index (κ3) is 5.64. The van der Waals surface area contributed by atoms with Crippen LogP contribution in [0.25, 0.3) is 0 Å². The number of rotatable bonds is 7. The number of amides is 1. The van der Waals surface area contributed by atoms with Crippen LogP contribution in [0.2, 0.25) is 10.2 Å². The monoisotopic (exact) mass is 531 g/mol. The molecule has 1 aliphatic heterocycles. The van der Waals surface area contributed by atoms with Crippen molar-refractivity contribution < 1.29 is 22.9 Å². The van der Waals surface area contributed by atoms with Crippen molar-refractivity contribution >= 4 is 51.9 Å². The van der Waals surface area contributed by atoms with E-state index in [-0.39, 0.29) is 33.5 Å². The van der Waals surface area contributed by atoms with Crippen LogP contribution in [0, 0.1) is 0 Å². The van der Waals surface area contributed by atoms with Crippen LogP contribution in [0.3, 0.4) is 0 Å². The van der Waals surface area contributed by atoms with Gasteiger partial charge in [0.1, 0.15) is 11.0 Å². The lowest BCUT2D eigenvalue weighted by molar-refractivity contribution is -0.140. The molecular formula is C23H25Cl2F2N3O3S. The average molecular weight is 532 g/mol. The van der Waals surface area contributed by atoms with Crippen molar-refractivity contribution in [2.24, 2.45) is 0 Å². The first-order valence-corrected chi connectivity index (χ1v) is 12.8. The Bertz CT molecular complexity index is 1080. The summed E-state index contributed by atoms with van der Waals surface area (Å²) in [6.07, 6.45) is -0.665. The standard InChI is InChI=1S/C23H25Cl2F2N3O3S/c1-4-23(26,27)19(31)13-34(33)18-9-8-16(12-17(18)24)22(32)30-11-10-29(14(2)15(30)3)21-7-5-6-20(25)28-21/h5-9,12,14-15H,4,10-11,13H2,1-3H3/t14-,15-,34?/m0/s1. The Labute approximate surface area is 210 Å². The van der Waals surface area contributed by atoms with E-state index >= 15 is 0 Å². The van der Waals surface area contributed by atoms with Crippen LogP contribution in [0.5, 0.6) is 0 Å². The van der Waals surface area contributed by atoms with E-state index in [0.29, 0.717) is 18.2 Å². The highest BCUT2D eigenvalue weighted by Gasteiger charge is 2.40. The van der Waals surface area contributed by atoms with Gasteiger partial charge in [-0.1, -0.05) is 36.2 Å². The molecule has 184 valence electrons. The van der Waals surface area contributed by atoms with Gasteiger partial charge in [0.2, 0.25) is 0 Å². The second kappa shape index (κ2) is 10.8. The van der Waals surface area contributed by atoms with E-state index in [4.69, 9.17) is 23.2 Å². The predicted molar refractivity (Wildman–Crippen MR) is 130 cm³/mol. The lowest BCUT2D eigenvalue weighted by Gasteiger charge is -2.45. The number of piperazine rings is 1. The molecule has 1 unspecified atom stereocenters. The number of alkyl halides is 2. The average Bonchev–Trinajstić information content (AvgIpc) is 2.80. The molecule has 6 nitrogen and oxygen atoms in total. The van der Waals surface area contributed by atoms with Crippen molar-refractivity contribution in [3.8, 4) is 0 Å². The van der Waals surface area contributed by atoms with Crippen LogP contribution >= 0.6 is 23.2 Å². The highest BCUT2D eigenvalue weighted by molar-refractivity contribution is 7.92. The molecule has 3 atom stereocenters. The van der Waals surface area contributed by atoms with Crippen molar-refractivity contribution in [3.63, 3.8) is 0 Å². The molecule has 34 heavy (non-hydrogen) atoms. The van der Waals surface area contributed by atoms with Crippen LogP contribution in [-0.2, 0) is 16.0 Å². The topological polar surface area (TPSA) is 76.6 Å². The summed E-state index contributed by atoms with van der Waals surface area (Å²) in [4.78, 5) is 33.1. The number of aromatic nitrogens is 1. The van der Waals surface area contributed by atoms with Crippen molar-refractivity contribution in [1.82, 2.24) is 9.88 Å². The Morgan fingerprint density at radius 2 is 1.88 bits per heavy atom. The summed E-state index contributed by atoms with van der Waals surface area (Å²) in [5, 5.41) is 0.377. The van der Waals surface area contributed by atoms with E-state index in [0.717, 1.165) is 5.82 Å². The molecule has 2 aromatic rings. The number of hydrogen-bond donors (Lipinski definition) is 0. The molecule has 1 aromatic carbocycles. The van der Waals surface area contributed by atoms with Crippen molar-refractivity contribution in [2.45, 2.75) is 50.1 Å². The molecule has 0 aliphatic carbocycles. The number of hydrogen-bond acceptors (Lipinski definition) is 5. The number of carbonyl (C=O) groups excluding carboxylic acids is 2. The summed E-state index contributed by atoms with van der Waals surface area (Å²) in [5.74, 6) is -5.31. The maximum Gasteiger partial charge on any atom is 0.309 e. The number of pyridine rings is 1. The van der Waals surface area contributed by atoms with E-state index in [1.807, 2.05) is 26.0 Å². The first-order valence-electron chi connectivity index (χ1n) is 10.8. The highest BCUT2D eigenvalue weighted by Crippen LogP contribution is 2.29. The van der Waals surface area contributed by atoms with Gasteiger partial charge < -0.3 is 14.4 Å². The Morgan fingerprint density at radius 1 is 1.18 bits per heavy atom. The second-order valence-corrected chi connectivity index (χ2v) is 10.3. The number of anilines is 1. The zero-order valence-corrected chi connectivity index (χ0v) is 21.3. The van der Waals surface area contributed by atoms with Crippen LogP contribution in [0.15, 0.2) is 41.3 Å². The number of halogens is 4. The van der Waals surface area contributed by atoms with Gasteiger partial charge in [-0.15, -0.1) is 0 Å². The van der Waals surface area contributed by atoms with E-state index < -0.39 is 35.1 Å². The lowest BCUT2D eigenvalue weighted by Crippen LogP contribution is -2.59. The fourth-order valence-corrected chi connectivity index (χ4v) is 5.49. The van der Waals surface area contributed by atoms with Gasteiger partial charge in [0, 0.05) is 37.2 Å². The van der Waals surface area contributed by atoms with Gasteiger partial charge in [-0.25, -0.2) is 4.98 Å². The van der Waals surface area contributed by atoms with Crippen molar-refractivity contribution in [3.05, 3.63) is 52.1 Å². The lowest BCUT2D eigenvalue weighted by atomic mass is 10.0. The van der Waals surface area contributed by atoms with Crippen molar-refractivity contribution in [1.29, 1.82) is 0 Å². The Hall–Kier alpha value is -1.94. The molecule has 0 spiro atoms. The third-order valence-corrected chi connectivity index (χ3v) is 8.06. The van der Waals surface area contributed by atoms with Gasteiger partial charge in [-0.05, 0) is 55.4 Å². The van der Waals surface area contributed by atoms with Gasteiger partial charge >= 0.3 is 5.92 Å². The van der Waals surface area contributed by atoms with E-state index in [1.54, 1.807) is 11.0 Å². The minimum absolute atomic E-state index is 0.0146. The van der Waals surface area contributed by atoms with E-state index in [2.05, 4.69) is 9.88 Å². The molecule has 0 radical (unpaired) electrons. The second-order valence-electron chi connectivity index (χ2n) is 8.11. The fraction of sp³-hybridized carbons (Fsp3) is 0.435. The summed E-state index contributed by atoms with van der Waals surface area (Å²) >= 11 is 10.2. The minimum atomic E-state index is -3.53. The maximum atomic E-state index is 13.5. The molecule has 11 heteroatoms. The van der Waals surface area contributed by atoms with Gasteiger partial charge in [0.25, 0.3) is 11.7 Å². The molecule has 3 rings (SSSR count). The number of carbonyl (C=O) groups is 2. The Kier molecular flexibility index (Phi) is 8.44. The van der Waals surface area contributed by atoms with Gasteiger partial charge in [-0.3, -0.25) is 9.59 Å². The van der Waals surface area contributed by atoms with Gasteiger partial charge in [0.05, 0.1) is 5.02 Å². The quantitative estimate of drug-likeness (QED) is 0.377. The molecule has 1 amide bonds. The summed E-state index contributed by atoms with van der Waals surface area (Å²) in [7, 11) is 0. The molecule has 0 bridgehead atoms. The third-order valence-electron chi connectivity index (χ3n) is 6.06. The number of ketones is 1. The minimum Gasteiger partial charge on any atom is -0.611 e. The molecule has 0 N–H and O–H groups in total. The zero-order valence-electron chi connectivity index (χ0n) is 18.9. The summed E-state index contributed by atoms with van der Waals surface area (Å²) in [5.41, 5.74) is 0.282. The fourth-order valence-electron chi connectivity index (χ4n) is 3.79. The van der Waals surface area contributed by atoms with Crippen LogP contribution in [0.1, 0.15) is 37.6 Å². The number of Topliss-reactive ketones (excluding diaryl/α,β-unsaturated/α-hetero) is 1. The number of benzene rings is 1. The van der Waals surface area contributed by atoms with Gasteiger partial charge in [-0.2, -0.15) is 8.78 Å². The summed E-state index contributed by atoms with van der Waals surface area (Å²) < 4.78 is 39.6. The van der Waals surface area contributed by atoms with E-state index in [1.165, 1.54) is 25.1 Å². The normalized spacial score (nSPS) is 19.8. The summed E-state index contributed by atoms with van der Waals surface area (Å²) in [6, 6.07) is 9.35. The van der Waals surface area contributed by atoms with Crippen LogP contribution in [-0.4, -0.2) is 63.0 Å². The SMILES string of the molecule is CCC(F)(F)C(=O)C[S+]([O-])c1ccc(C(=O)N2CCN(c3cccc(Cl)n3)[C@@H](C)[C@@H]2C)cc1Cl. The molecule has 1 saturated heterocycles. The molecule has 2 heterocycles. The molecule has 1 aliphatic rings. The predicted octanol–water partition coefficient (Wildman–Crippen LogP) is 4.85. The largest absolute Gasteiger partial charge is 0.611 e. The highest BCUT2D eigenvalue weighted by atomic mass is 35.5. The van der Waals surface area contributed by atoms with Crippen LogP contribution < -0.4 is 4.90 Å². The Balaban J connectivity index is 1.73. The maximum absolute atomic E-state index is 13.5. The van der Waals surface area contributed by atoms with Crippen LogP contribution in [0.4, 0.5) is 14.6 Å². The van der Waals surface area contributed by atoms with Crippen molar-refractivity contribution in [2.75, 3.05) is 23.7 Å². The first kappa shape index (κ1) is 26.7. The zero-order chi connectivity index (χ0) is 25.2. The smallest absolute Gasteiger partial charge is 0.309 e. The molecular weight excluding hydrogens is 507 g/mol. The number of nitrogens with zero attached hydrogens (tertiary/aromatic N) is 3. The summed E-state index contributed by atoms with van der Waals surface area (Å²) in [6.45, 7) is 6.10. The first-order chi connectivity index (χ1) is 16.0.